The molecule has 29 heavy (non-hydrogen) atoms. The van der Waals surface area contributed by atoms with Gasteiger partial charge in [-0.2, -0.15) is 4.52 Å². The molecule has 8 heteroatoms. The van der Waals surface area contributed by atoms with E-state index in [1.54, 1.807) is 14.2 Å². The maximum Gasteiger partial charge on any atom is 0.178 e. The van der Waals surface area contributed by atoms with E-state index in [0.717, 1.165) is 35.7 Å². The van der Waals surface area contributed by atoms with Gasteiger partial charge in [0, 0.05) is 25.1 Å². The van der Waals surface area contributed by atoms with Crippen LogP contribution in [0.2, 0.25) is 0 Å². The van der Waals surface area contributed by atoms with E-state index in [4.69, 9.17) is 14.6 Å². The highest BCUT2D eigenvalue weighted by Crippen LogP contribution is 2.40. The first kappa shape index (κ1) is 18.2. The summed E-state index contributed by atoms with van der Waals surface area (Å²) in [5.74, 6) is 3.70. The molecule has 1 N–H and O–H groups in total. The van der Waals surface area contributed by atoms with E-state index in [1.165, 1.54) is 0 Å². The Morgan fingerprint density at radius 3 is 2.31 bits per heavy atom. The Morgan fingerprint density at radius 2 is 1.69 bits per heavy atom. The number of piperidine rings is 1. The molecule has 2 aliphatic rings. The Hall–Kier alpha value is -2.87. The van der Waals surface area contributed by atoms with Crippen molar-refractivity contribution >= 4 is 11.5 Å². The van der Waals surface area contributed by atoms with E-state index >= 15 is 0 Å². The van der Waals surface area contributed by atoms with Crippen LogP contribution in [0.15, 0.2) is 30.3 Å². The topological polar surface area (TPSA) is 85.0 Å². The minimum Gasteiger partial charge on any atom is -0.497 e. The highest BCUT2D eigenvalue weighted by atomic mass is 16.5. The second kappa shape index (κ2) is 6.88. The Balaban J connectivity index is 1.37. The van der Waals surface area contributed by atoms with Crippen molar-refractivity contribution in [2.75, 3.05) is 32.2 Å². The average Bonchev–Trinajstić information content (AvgIpc) is 3.52. The quantitative estimate of drug-likeness (QED) is 0.710. The molecule has 0 radical (unpaired) electrons. The molecule has 0 atom stereocenters. The molecule has 8 nitrogen and oxygen atoms in total. The number of benzene rings is 1. The van der Waals surface area contributed by atoms with Crippen LogP contribution in [0.5, 0.6) is 11.5 Å². The molecule has 2 fully saturated rings. The lowest BCUT2D eigenvalue weighted by atomic mass is 9.84. The summed E-state index contributed by atoms with van der Waals surface area (Å²) < 4.78 is 12.6. The predicted molar refractivity (Wildman–Crippen MR) is 108 cm³/mol. The zero-order chi connectivity index (χ0) is 20.0. The number of fused-ring (bicyclic) bond motifs is 1. The predicted octanol–water partition coefficient (Wildman–Crippen LogP) is 2.51. The molecule has 0 bridgehead atoms. The van der Waals surface area contributed by atoms with Gasteiger partial charge in [-0.3, -0.25) is 0 Å². The highest BCUT2D eigenvalue weighted by molar-refractivity contribution is 5.47. The van der Waals surface area contributed by atoms with Crippen LogP contribution < -0.4 is 14.4 Å². The normalized spacial score (nSPS) is 18.8. The van der Waals surface area contributed by atoms with Gasteiger partial charge in [0.05, 0.1) is 19.8 Å². The van der Waals surface area contributed by atoms with Crippen molar-refractivity contribution in [3.63, 3.8) is 0 Å². The molecular formula is C21H25N5O3. The van der Waals surface area contributed by atoms with Crippen LogP contribution in [-0.4, -0.2) is 52.2 Å². The summed E-state index contributed by atoms with van der Waals surface area (Å²) in [4.78, 5) is 2.21. The van der Waals surface area contributed by atoms with Crippen molar-refractivity contribution in [3.05, 3.63) is 41.7 Å². The monoisotopic (exact) mass is 395 g/mol. The third-order valence-electron chi connectivity index (χ3n) is 6.02. The van der Waals surface area contributed by atoms with Crippen molar-refractivity contribution in [1.82, 2.24) is 19.8 Å². The van der Waals surface area contributed by atoms with Crippen LogP contribution in [0.1, 0.15) is 43.0 Å². The summed E-state index contributed by atoms with van der Waals surface area (Å²) in [5.41, 5.74) is 0.692. The lowest BCUT2D eigenvalue weighted by Gasteiger charge is -2.39. The summed E-state index contributed by atoms with van der Waals surface area (Å²) in [6, 6.07) is 9.55. The van der Waals surface area contributed by atoms with Gasteiger partial charge in [0.15, 0.2) is 11.5 Å². The summed E-state index contributed by atoms with van der Waals surface area (Å²) in [7, 11) is 3.24. The van der Waals surface area contributed by atoms with Crippen LogP contribution >= 0.6 is 0 Å². The van der Waals surface area contributed by atoms with E-state index < -0.39 is 5.60 Å². The molecule has 1 saturated heterocycles. The third kappa shape index (κ3) is 3.27. The summed E-state index contributed by atoms with van der Waals surface area (Å²) in [5, 5.41) is 24.7. The maximum absolute atomic E-state index is 11.3. The van der Waals surface area contributed by atoms with E-state index in [-0.39, 0.29) is 0 Å². The standard InChI is InChI=1S/C21H25N5O3/c1-28-16-11-15(12-17(13-16)29-2)21(27)7-9-25(10-8-21)19-6-5-18-22-23-20(14-3-4-14)26(18)24-19/h5-6,11-14,27H,3-4,7-10H2,1-2H3. The molecule has 1 aliphatic heterocycles. The molecule has 3 heterocycles. The lowest BCUT2D eigenvalue weighted by Crippen LogP contribution is -2.43. The lowest BCUT2D eigenvalue weighted by molar-refractivity contribution is 0.0112. The van der Waals surface area contributed by atoms with Gasteiger partial charge in [0.1, 0.15) is 17.3 Å². The van der Waals surface area contributed by atoms with Gasteiger partial charge in [-0.1, -0.05) is 0 Å². The van der Waals surface area contributed by atoms with Crippen LogP contribution in [-0.2, 0) is 5.60 Å². The maximum atomic E-state index is 11.3. The highest BCUT2D eigenvalue weighted by Gasteiger charge is 2.36. The van der Waals surface area contributed by atoms with E-state index in [1.807, 2.05) is 34.8 Å². The summed E-state index contributed by atoms with van der Waals surface area (Å²) >= 11 is 0. The van der Waals surface area contributed by atoms with Gasteiger partial charge in [-0.25, -0.2) is 0 Å². The fourth-order valence-corrected chi connectivity index (χ4v) is 4.03. The second-order valence-electron chi connectivity index (χ2n) is 7.91. The molecule has 1 aliphatic carbocycles. The van der Waals surface area contributed by atoms with Crippen molar-refractivity contribution in [3.8, 4) is 11.5 Å². The Kier molecular flexibility index (Phi) is 4.31. The zero-order valence-electron chi connectivity index (χ0n) is 16.7. The number of ether oxygens (including phenoxy) is 2. The van der Waals surface area contributed by atoms with Crippen LogP contribution in [0.25, 0.3) is 5.65 Å². The number of rotatable bonds is 5. The van der Waals surface area contributed by atoms with Gasteiger partial charge >= 0.3 is 0 Å². The SMILES string of the molecule is COc1cc(OC)cc(C2(O)CCN(c3ccc4nnc(C5CC5)n4n3)CC2)c1. The number of nitrogens with zero attached hydrogens (tertiary/aromatic N) is 5. The van der Waals surface area contributed by atoms with Crippen LogP contribution in [0.3, 0.4) is 0 Å². The van der Waals surface area contributed by atoms with Gasteiger partial charge in [0.2, 0.25) is 0 Å². The largest absolute Gasteiger partial charge is 0.497 e. The first-order valence-corrected chi connectivity index (χ1v) is 10.0. The first-order chi connectivity index (χ1) is 14.1. The zero-order valence-corrected chi connectivity index (χ0v) is 16.7. The van der Waals surface area contributed by atoms with Gasteiger partial charge in [0.25, 0.3) is 0 Å². The number of anilines is 1. The van der Waals surface area contributed by atoms with Crippen molar-refractivity contribution < 1.29 is 14.6 Å². The Morgan fingerprint density at radius 1 is 1.00 bits per heavy atom. The number of hydrogen-bond acceptors (Lipinski definition) is 7. The fourth-order valence-electron chi connectivity index (χ4n) is 4.03. The first-order valence-electron chi connectivity index (χ1n) is 10.0. The van der Waals surface area contributed by atoms with Crippen molar-refractivity contribution in [2.24, 2.45) is 0 Å². The molecule has 3 aromatic rings. The smallest absolute Gasteiger partial charge is 0.178 e. The number of aliphatic hydroxyl groups is 1. The molecule has 1 saturated carbocycles. The molecule has 0 amide bonds. The summed E-state index contributed by atoms with van der Waals surface area (Å²) in [6.07, 6.45) is 3.52. The number of hydrogen-bond donors (Lipinski definition) is 1. The number of methoxy groups -OCH3 is 2. The van der Waals surface area contributed by atoms with E-state index in [2.05, 4.69) is 15.1 Å². The minimum absolute atomic E-state index is 0.488. The van der Waals surface area contributed by atoms with Crippen LogP contribution in [0, 0.1) is 0 Å². The molecule has 152 valence electrons. The molecule has 5 rings (SSSR count). The average molecular weight is 395 g/mol. The van der Waals surface area contributed by atoms with Crippen molar-refractivity contribution in [2.45, 2.75) is 37.2 Å². The minimum atomic E-state index is -0.918. The van der Waals surface area contributed by atoms with Crippen LogP contribution in [0.4, 0.5) is 5.82 Å². The van der Waals surface area contributed by atoms with Gasteiger partial charge in [-0.05, 0) is 55.5 Å². The number of aromatic nitrogens is 4. The van der Waals surface area contributed by atoms with Gasteiger partial charge in [-0.15, -0.1) is 15.3 Å². The van der Waals surface area contributed by atoms with Gasteiger partial charge < -0.3 is 19.5 Å². The third-order valence-corrected chi connectivity index (χ3v) is 6.02. The Bertz CT molecular complexity index is 1020. The fraction of sp³-hybridized carbons (Fsp3) is 0.476. The van der Waals surface area contributed by atoms with Crippen molar-refractivity contribution in [1.29, 1.82) is 0 Å². The Labute approximate surface area is 169 Å². The molecule has 0 unspecified atom stereocenters. The van der Waals surface area contributed by atoms with E-state index in [9.17, 15) is 5.11 Å². The molecular weight excluding hydrogens is 370 g/mol. The molecule has 2 aromatic heterocycles. The van der Waals surface area contributed by atoms with E-state index in [0.29, 0.717) is 43.3 Å². The molecule has 0 spiro atoms. The molecule has 1 aromatic carbocycles. The second-order valence-corrected chi connectivity index (χ2v) is 7.91. The summed E-state index contributed by atoms with van der Waals surface area (Å²) in [6.45, 7) is 1.41.